The van der Waals surface area contributed by atoms with Crippen molar-refractivity contribution in [3.05, 3.63) is 84.3 Å². The fraction of sp³-hybridized carbons (Fsp3) is 0.379. The monoisotopic (exact) mass is 532 g/mol. The van der Waals surface area contributed by atoms with Crippen LogP contribution in [0.4, 0.5) is 0 Å². The number of likely N-dealkylation sites (tertiary alicyclic amines) is 1. The molecule has 2 aliphatic rings. The van der Waals surface area contributed by atoms with E-state index in [1.54, 1.807) is 29.4 Å². The van der Waals surface area contributed by atoms with Crippen LogP contribution in [0.25, 0.3) is 11.3 Å². The number of ketones is 1. The highest BCUT2D eigenvalue weighted by Crippen LogP contribution is 2.37. The summed E-state index contributed by atoms with van der Waals surface area (Å²) in [6, 6.07) is 15.7. The fourth-order valence-corrected chi connectivity index (χ4v) is 7.37. The highest BCUT2D eigenvalue weighted by Gasteiger charge is 2.54. The SMILES string of the molecule is CC(C)CC(C(=O)N1CCC2C1C(=O)CN2S(=O)(=O)Cc1cccnc1)c1cccc(-c2ccccn2)c1. The van der Waals surface area contributed by atoms with Crippen LogP contribution in [0.5, 0.6) is 0 Å². The van der Waals surface area contributed by atoms with Crippen molar-refractivity contribution in [2.75, 3.05) is 13.1 Å². The number of nitrogens with zero attached hydrogens (tertiary/aromatic N) is 4. The van der Waals surface area contributed by atoms with Crippen molar-refractivity contribution in [2.24, 2.45) is 5.92 Å². The molecule has 0 radical (unpaired) electrons. The summed E-state index contributed by atoms with van der Waals surface area (Å²) >= 11 is 0. The Morgan fingerprint density at radius 1 is 1.08 bits per heavy atom. The van der Waals surface area contributed by atoms with Crippen molar-refractivity contribution in [3.63, 3.8) is 0 Å². The number of hydrogen-bond acceptors (Lipinski definition) is 6. The molecular weight excluding hydrogens is 500 g/mol. The smallest absolute Gasteiger partial charge is 0.230 e. The highest BCUT2D eigenvalue weighted by molar-refractivity contribution is 7.88. The summed E-state index contributed by atoms with van der Waals surface area (Å²) in [6.45, 7) is 4.30. The van der Waals surface area contributed by atoms with Gasteiger partial charge in [-0.2, -0.15) is 4.31 Å². The lowest BCUT2D eigenvalue weighted by Crippen LogP contribution is -2.45. The van der Waals surface area contributed by atoms with Gasteiger partial charge in [-0.1, -0.05) is 44.2 Å². The minimum atomic E-state index is -3.75. The van der Waals surface area contributed by atoms with E-state index in [2.05, 4.69) is 23.8 Å². The van der Waals surface area contributed by atoms with Crippen LogP contribution >= 0.6 is 0 Å². The van der Waals surface area contributed by atoms with E-state index >= 15 is 0 Å². The first-order valence-corrected chi connectivity index (χ1v) is 14.6. The fourth-order valence-electron chi connectivity index (χ4n) is 5.66. The normalized spacial score (nSPS) is 20.6. The molecule has 3 aromatic rings. The predicted molar refractivity (Wildman–Crippen MR) is 144 cm³/mol. The third kappa shape index (κ3) is 5.26. The van der Waals surface area contributed by atoms with Gasteiger partial charge in [0.15, 0.2) is 5.78 Å². The number of hydrogen-bond donors (Lipinski definition) is 0. The van der Waals surface area contributed by atoms with Gasteiger partial charge in [-0.05, 0) is 54.2 Å². The summed E-state index contributed by atoms with van der Waals surface area (Å²) in [5.74, 6) is -0.755. The number of sulfonamides is 1. The Morgan fingerprint density at radius 2 is 1.92 bits per heavy atom. The Hall–Kier alpha value is -3.43. The number of aromatic nitrogens is 2. The molecule has 2 fully saturated rings. The van der Waals surface area contributed by atoms with Gasteiger partial charge in [-0.25, -0.2) is 8.42 Å². The van der Waals surface area contributed by atoms with Crippen LogP contribution in [-0.4, -0.2) is 64.5 Å². The van der Waals surface area contributed by atoms with E-state index in [1.807, 2.05) is 42.5 Å². The van der Waals surface area contributed by atoms with Gasteiger partial charge in [0.25, 0.3) is 0 Å². The Morgan fingerprint density at radius 3 is 2.63 bits per heavy atom. The van der Waals surface area contributed by atoms with Gasteiger partial charge in [0.1, 0.15) is 6.04 Å². The van der Waals surface area contributed by atoms with Gasteiger partial charge in [0.2, 0.25) is 15.9 Å². The summed E-state index contributed by atoms with van der Waals surface area (Å²) in [4.78, 5) is 37.3. The maximum atomic E-state index is 14.0. The van der Waals surface area contributed by atoms with Crippen molar-refractivity contribution in [1.82, 2.24) is 19.2 Å². The molecule has 38 heavy (non-hydrogen) atoms. The van der Waals surface area contributed by atoms with E-state index in [0.29, 0.717) is 24.9 Å². The molecule has 0 aliphatic carbocycles. The summed E-state index contributed by atoms with van der Waals surface area (Å²) < 4.78 is 27.9. The molecule has 3 unspecified atom stereocenters. The number of fused-ring (bicyclic) bond motifs is 1. The first kappa shape index (κ1) is 26.2. The molecule has 5 rings (SSSR count). The maximum Gasteiger partial charge on any atom is 0.230 e. The lowest BCUT2D eigenvalue weighted by molar-refractivity contribution is -0.138. The molecule has 0 saturated carbocycles. The first-order valence-electron chi connectivity index (χ1n) is 13.0. The molecular formula is C29H32N4O4S. The Bertz CT molecular complexity index is 1410. The quantitative estimate of drug-likeness (QED) is 0.439. The van der Waals surface area contributed by atoms with Crippen LogP contribution in [0.2, 0.25) is 0 Å². The summed E-state index contributed by atoms with van der Waals surface area (Å²) in [6.07, 6.45) is 5.91. The number of carbonyl (C=O) groups is 2. The zero-order valence-corrected chi connectivity index (χ0v) is 22.4. The average Bonchev–Trinajstić information content (AvgIpc) is 3.49. The predicted octanol–water partition coefficient (Wildman–Crippen LogP) is 3.66. The van der Waals surface area contributed by atoms with Crippen LogP contribution in [0.3, 0.4) is 0 Å². The third-order valence-electron chi connectivity index (χ3n) is 7.34. The van der Waals surface area contributed by atoms with Gasteiger partial charge in [-0.15, -0.1) is 0 Å². The summed E-state index contributed by atoms with van der Waals surface area (Å²) in [5, 5.41) is 0. The van der Waals surface area contributed by atoms with E-state index in [0.717, 1.165) is 16.8 Å². The molecule has 2 saturated heterocycles. The molecule has 3 atom stereocenters. The van der Waals surface area contributed by atoms with E-state index in [4.69, 9.17) is 0 Å². The largest absolute Gasteiger partial charge is 0.330 e. The second-order valence-corrected chi connectivity index (χ2v) is 12.4. The first-order chi connectivity index (χ1) is 18.2. The molecule has 0 spiro atoms. The molecule has 0 bridgehead atoms. The number of pyridine rings is 2. The number of carbonyl (C=O) groups excluding carboxylic acids is 2. The standard InChI is InChI=1S/C29H32N4O4S/c1-20(2)15-24(22-8-5-9-23(16-22)25-10-3-4-13-31-25)29(35)32-14-11-26-28(32)27(34)18-33(26)38(36,37)19-21-7-6-12-30-17-21/h3-10,12-13,16-17,20,24,26,28H,11,14-15,18-19H2,1-2H3. The molecule has 1 amide bonds. The minimum Gasteiger partial charge on any atom is -0.330 e. The second-order valence-electron chi connectivity index (χ2n) is 10.5. The van der Waals surface area contributed by atoms with Crippen molar-refractivity contribution in [1.29, 1.82) is 0 Å². The van der Waals surface area contributed by atoms with E-state index < -0.39 is 28.0 Å². The Kier molecular flexibility index (Phi) is 7.40. The number of rotatable bonds is 8. The van der Waals surface area contributed by atoms with E-state index in [-0.39, 0.29) is 29.9 Å². The zero-order chi connectivity index (χ0) is 26.9. The molecule has 4 heterocycles. The molecule has 8 nitrogen and oxygen atoms in total. The van der Waals surface area contributed by atoms with Crippen molar-refractivity contribution < 1.29 is 18.0 Å². The minimum absolute atomic E-state index is 0.121. The number of benzene rings is 1. The van der Waals surface area contributed by atoms with Crippen molar-refractivity contribution in [3.8, 4) is 11.3 Å². The van der Waals surface area contributed by atoms with Crippen LogP contribution in [0.1, 0.15) is 43.7 Å². The average molecular weight is 533 g/mol. The van der Waals surface area contributed by atoms with Gasteiger partial charge < -0.3 is 4.90 Å². The maximum absolute atomic E-state index is 14.0. The van der Waals surface area contributed by atoms with Crippen LogP contribution in [0.15, 0.2) is 73.2 Å². The summed E-state index contributed by atoms with van der Waals surface area (Å²) in [5.41, 5.74) is 3.20. The van der Waals surface area contributed by atoms with Gasteiger partial charge >= 0.3 is 0 Å². The van der Waals surface area contributed by atoms with Crippen LogP contribution in [-0.2, 0) is 25.4 Å². The van der Waals surface area contributed by atoms with Crippen molar-refractivity contribution >= 4 is 21.7 Å². The van der Waals surface area contributed by atoms with Gasteiger partial charge in [0, 0.05) is 30.7 Å². The summed E-state index contributed by atoms with van der Waals surface area (Å²) in [7, 11) is -3.75. The zero-order valence-electron chi connectivity index (χ0n) is 21.6. The van der Waals surface area contributed by atoms with Gasteiger partial charge in [0.05, 0.1) is 30.0 Å². The lowest BCUT2D eigenvalue weighted by atomic mass is 9.87. The molecule has 2 aromatic heterocycles. The number of amides is 1. The van der Waals surface area contributed by atoms with E-state index in [1.165, 1.54) is 10.5 Å². The van der Waals surface area contributed by atoms with Crippen molar-refractivity contribution in [2.45, 2.75) is 50.4 Å². The Balaban J connectivity index is 1.40. The highest BCUT2D eigenvalue weighted by atomic mass is 32.2. The lowest BCUT2D eigenvalue weighted by Gasteiger charge is -2.29. The van der Waals surface area contributed by atoms with Crippen LogP contribution in [0, 0.1) is 5.92 Å². The van der Waals surface area contributed by atoms with Crippen LogP contribution < -0.4 is 0 Å². The Labute approximate surface area is 223 Å². The molecule has 1 aromatic carbocycles. The number of Topliss-reactive ketones (excluding diaryl/α,β-unsaturated/α-hetero) is 1. The molecule has 0 N–H and O–H groups in total. The second kappa shape index (κ2) is 10.7. The van der Waals surface area contributed by atoms with Gasteiger partial charge in [-0.3, -0.25) is 19.6 Å². The molecule has 9 heteroatoms. The molecule has 198 valence electrons. The topological polar surface area (TPSA) is 101 Å². The molecule has 2 aliphatic heterocycles. The van der Waals surface area contributed by atoms with E-state index in [9.17, 15) is 18.0 Å². The third-order valence-corrected chi connectivity index (χ3v) is 9.16.